The zero-order chi connectivity index (χ0) is 44.9. The molecule has 4 rings (SSSR count). The molecule has 10 N–H and O–H groups in total. The van der Waals surface area contributed by atoms with Gasteiger partial charge in [-0.3, -0.25) is 24.0 Å². The second kappa shape index (κ2) is 21.6. The highest BCUT2D eigenvalue weighted by Gasteiger charge is 2.36. The second-order valence-electron chi connectivity index (χ2n) is 15.5. The third-order valence-corrected chi connectivity index (χ3v) is 9.51. The van der Waals surface area contributed by atoms with Gasteiger partial charge in [-0.2, -0.15) is 5.26 Å². The predicted octanol–water partition coefficient (Wildman–Crippen LogP) is 0.962. The van der Waals surface area contributed by atoms with Crippen LogP contribution in [0.2, 0.25) is 0 Å². The standard InChI is InChI=1S/C44H56N10O7/c1-26-31(10-9-30(50-26)13-15-44(3,4)5)40(56)52-34(14-16-45)43(59)54(6)38-29-8-12-37(61-22-19-48)33(25-29)32-23-28(7-11-36(32)60-21-18-47)24-35(41(57)49-20-17-46)53-39(55)27(2)51-42(38)58/h7-12,23,25,27,34-35,38H,14,16,18-22,24,45,47-48H2,1-6H3,(H,49,57)(H,51,58)(H,52,56)(H,53,55). The molecular formula is C44H56N10O7. The van der Waals surface area contributed by atoms with Gasteiger partial charge in [0, 0.05) is 43.1 Å². The van der Waals surface area contributed by atoms with Crippen molar-refractivity contribution in [2.45, 2.75) is 71.6 Å². The zero-order valence-electron chi connectivity index (χ0n) is 35.5. The highest BCUT2D eigenvalue weighted by atomic mass is 16.5. The maximum Gasteiger partial charge on any atom is 0.253 e. The van der Waals surface area contributed by atoms with Crippen LogP contribution in [0.3, 0.4) is 0 Å². The fourth-order valence-corrected chi connectivity index (χ4v) is 6.49. The van der Waals surface area contributed by atoms with Crippen molar-refractivity contribution in [3.63, 3.8) is 0 Å². The zero-order valence-corrected chi connectivity index (χ0v) is 35.5. The molecule has 0 aliphatic carbocycles. The summed E-state index contributed by atoms with van der Waals surface area (Å²) in [4.78, 5) is 75.3. The van der Waals surface area contributed by atoms with Crippen LogP contribution in [0.15, 0.2) is 48.5 Å². The molecule has 0 saturated heterocycles. The number of nitrogens with zero attached hydrogens (tertiary/aromatic N) is 3. The lowest BCUT2D eigenvalue weighted by atomic mass is 9.93. The number of likely N-dealkylation sites (N-methyl/N-ethyl adjacent to an activating group) is 1. The van der Waals surface area contributed by atoms with E-state index < -0.39 is 53.7 Å². The molecule has 1 aromatic heterocycles. The number of ether oxygens (including phenoxy) is 2. The first kappa shape index (κ1) is 47.2. The lowest BCUT2D eigenvalue weighted by molar-refractivity contribution is -0.141. The van der Waals surface area contributed by atoms with Gasteiger partial charge in [0.05, 0.1) is 17.3 Å². The number of nitrogens with one attached hydrogen (secondary N) is 4. The van der Waals surface area contributed by atoms with E-state index in [2.05, 4.69) is 38.1 Å². The van der Waals surface area contributed by atoms with Gasteiger partial charge in [0.15, 0.2) is 0 Å². The molecule has 5 amide bonds. The van der Waals surface area contributed by atoms with Gasteiger partial charge in [-0.15, -0.1) is 0 Å². The van der Waals surface area contributed by atoms with E-state index in [0.29, 0.717) is 45.1 Å². The lowest BCUT2D eigenvalue weighted by Gasteiger charge is -2.32. The molecule has 4 bridgehead atoms. The van der Waals surface area contributed by atoms with Crippen LogP contribution in [0.25, 0.3) is 11.1 Å². The van der Waals surface area contributed by atoms with Crippen LogP contribution in [-0.2, 0) is 25.6 Å². The van der Waals surface area contributed by atoms with Gasteiger partial charge >= 0.3 is 0 Å². The quantitative estimate of drug-likeness (QED) is 0.0885. The molecule has 2 aromatic carbocycles. The van der Waals surface area contributed by atoms with Crippen molar-refractivity contribution in [3.05, 3.63) is 76.6 Å². The Balaban J connectivity index is 1.84. The van der Waals surface area contributed by atoms with Crippen molar-refractivity contribution in [2.75, 3.05) is 46.4 Å². The van der Waals surface area contributed by atoms with E-state index in [9.17, 15) is 24.0 Å². The summed E-state index contributed by atoms with van der Waals surface area (Å²) in [5.41, 5.74) is 20.3. The number of carbonyl (C=O) groups excluding carboxylic acids is 5. The first-order valence-electron chi connectivity index (χ1n) is 20.0. The SMILES string of the molecule is Cc1nc(C#CC(C)(C)C)ccc1C(=O)NC(CCN)C(=O)N(C)C1C(=O)NC(C)C(=O)NC(C(=O)NCC#N)Cc2ccc(OCCN)c(c2)-c2cc1ccc2OCCN. The van der Waals surface area contributed by atoms with Gasteiger partial charge in [0.25, 0.3) is 5.91 Å². The summed E-state index contributed by atoms with van der Waals surface area (Å²) in [6, 6.07) is 10.3. The summed E-state index contributed by atoms with van der Waals surface area (Å²) >= 11 is 0. The summed E-state index contributed by atoms with van der Waals surface area (Å²) in [5, 5.41) is 19.8. The van der Waals surface area contributed by atoms with Crippen LogP contribution in [0.5, 0.6) is 11.5 Å². The number of nitrogens with two attached hydrogens (primary N) is 3. The van der Waals surface area contributed by atoms with E-state index in [4.69, 9.17) is 31.9 Å². The van der Waals surface area contributed by atoms with Gasteiger partial charge in [-0.05, 0) is 101 Å². The summed E-state index contributed by atoms with van der Waals surface area (Å²) in [7, 11) is 1.41. The van der Waals surface area contributed by atoms with Crippen molar-refractivity contribution < 1.29 is 33.4 Å². The fraction of sp³-hybridized carbons (Fsp3) is 0.432. The van der Waals surface area contributed by atoms with E-state index in [-0.39, 0.29) is 63.2 Å². The minimum atomic E-state index is -1.39. The minimum absolute atomic E-state index is 0.00562. The number of aromatic nitrogens is 1. The van der Waals surface area contributed by atoms with Crippen molar-refractivity contribution in [1.82, 2.24) is 31.2 Å². The van der Waals surface area contributed by atoms with Gasteiger partial charge in [-0.25, -0.2) is 4.98 Å². The molecule has 0 fully saturated rings. The van der Waals surface area contributed by atoms with E-state index in [1.807, 2.05) is 26.8 Å². The van der Waals surface area contributed by atoms with Crippen LogP contribution >= 0.6 is 0 Å². The molecule has 17 nitrogen and oxygen atoms in total. The molecule has 324 valence electrons. The van der Waals surface area contributed by atoms with E-state index >= 15 is 0 Å². The summed E-state index contributed by atoms with van der Waals surface area (Å²) < 4.78 is 12.1. The summed E-state index contributed by atoms with van der Waals surface area (Å²) in [6.07, 6.45) is 0.0242. The molecule has 0 saturated carbocycles. The minimum Gasteiger partial charge on any atom is -0.492 e. The Morgan fingerprint density at radius 2 is 1.61 bits per heavy atom. The lowest BCUT2D eigenvalue weighted by Crippen LogP contribution is -2.56. The molecule has 61 heavy (non-hydrogen) atoms. The van der Waals surface area contributed by atoms with Gasteiger partial charge < -0.3 is 52.8 Å². The normalized spacial score (nSPS) is 16.8. The molecule has 1 aliphatic rings. The smallest absolute Gasteiger partial charge is 0.253 e. The number of carbonyl (C=O) groups is 5. The molecular weight excluding hydrogens is 781 g/mol. The van der Waals surface area contributed by atoms with Crippen molar-refractivity contribution in [2.24, 2.45) is 22.6 Å². The predicted molar refractivity (Wildman–Crippen MR) is 229 cm³/mol. The van der Waals surface area contributed by atoms with Gasteiger partial charge in [-0.1, -0.05) is 18.1 Å². The maximum absolute atomic E-state index is 14.5. The van der Waals surface area contributed by atoms with Crippen LogP contribution in [0.1, 0.15) is 73.0 Å². The number of aryl methyl sites for hydroxylation is 1. The van der Waals surface area contributed by atoms with Crippen LogP contribution in [0.4, 0.5) is 0 Å². The van der Waals surface area contributed by atoms with Crippen molar-refractivity contribution in [1.29, 1.82) is 5.26 Å². The molecule has 4 atom stereocenters. The number of rotatable bonds is 14. The molecule has 17 heteroatoms. The highest BCUT2D eigenvalue weighted by molar-refractivity contribution is 6.00. The number of hydrogen-bond acceptors (Lipinski definition) is 12. The Bertz CT molecular complexity index is 2200. The number of fused-ring (bicyclic) bond motifs is 5. The van der Waals surface area contributed by atoms with E-state index in [0.717, 1.165) is 0 Å². The third-order valence-electron chi connectivity index (χ3n) is 9.51. The van der Waals surface area contributed by atoms with Gasteiger partial charge in [0.1, 0.15) is 61.1 Å². The monoisotopic (exact) mass is 836 g/mol. The molecule has 2 heterocycles. The van der Waals surface area contributed by atoms with Crippen molar-refractivity contribution in [3.8, 4) is 40.5 Å². The number of benzene rings is 2. The topological polar surface area (TPSA) is 270 Å². The van der Waals surface area contributed by atoms with E-state index in [1.54, 1.807) is 55.5 Å². The van der Waals surface area contributed by atoms with E-state index in [1.165, 1.54) is 18.9 Å². The Morgan fingerprint density at radius 3 is 2.21 bits per heavy atom. The van der Waals surface area contributed by atoms with Crippen LogP contribution in [0, 0.1) is 35.5 Å². The Morgan fingerprint density at radius 1 is 0.951 bits per heavy atom. The largest absolute Gasteiger partial charge is 0.492 e. The van der Waals surface area contributed by atoms with Crippen LogP contribution < -0.4 is 47.9 Å². The molecule has 4 unspecified atom stereocenters. The molecule has 0 radical (unpaired) electrons. The third kappa shape index (κ3) is 12.7. The first-order valence-corrected chi connectivity index (χ1v) is 20.0. The Hall–Kier alpha value is -6.53. The average Bonchev–Trinajstić information content (AvgIpc) is 3.22. The Labute approximate surface area is 356 Å². The number of amides is 5. The van der Waals surface area contributed by atoms with Gasteiger partial charge in [0.2, 0.25) is 23.6 Å². The molecule has 3 aromatic rings. The van der Waals surface area contributed by atoms with Crippen LogP contribution in [-0.4, -0.2) is 104 Å². The molecule has 0 spiro atoms. The second-order valence-corrected chi connectivity index (χ2v) is 15.5. The maximum atomic E-state index is 14.5. The molecule has 1 aliphatic heterocycles. The Kier molecular flexibility index (Phi) is 16.7. The number of nitriles is 1. The number of pyridine rings is 1. The average molecular weight is 837 g/mol. The first-order chi connectivity index (χ1) is 29.0. The number of hydrogen-bond donors (Lipinski definition) is 7. The summed E-state index contributed by atoms with van der Waals surface area (Å²) in [6.45, 7) is 9.43. The highest BCUT2D eigenvalue weighted by Crippen LogP contribution is 2.40. The summed E-state index contributed by atoms with van der Waals surface area (Å²) in [5.74, 6) is 3.62. The van der Waals surface area contributed by atoms with Crippen molar-refractivity contribution >= 4 is 29.5 Å². The fourth-order valence-electron chi connectivity index (χ4n) is 6.49.